The number of amides is 1. The zero-order chi connectivity index (χ0) is 25.4. The van der Waals surface area contributed by atoms with Gasteiger partial charge in [0.15, 0.2) is 0 Å². The lowest BCUT2D eigenvalue weighted by Crippen LogP contribution is -2.36. The molecule has 1 N–H and O–H groups in total. The highest BCUT2D eigenvalue weighted by Crippen LogP contribution is 2.35. The summed E-state index contributed by atoms with van der Waals surface area (Å²) in [7, 11) is 1.70. The van der Waals surface area contributed by atoms with Crippen LogP contribution < -0.4 is 4.74 Å². The maximum absolute atomic E-state index is 12.1. The number of nitrogens with zero attached hydrogens (tertiary/aromatic N) is 1. The van der Waals surface area contributed by atoms with E-state index in [1.165, 1.54) is 16.0 Å². The molecular formula is C30H35NO4. The molecule has 3 rings (SSSR count). The number of carbonyl (C=O) groups is 1. The molecule has 0 heterocycles. The molecule has 3 aromatic rings. The molecule has 184 valence electrons. The van der Waals surface area contributed by atoms with Crippen LogP contribution in [0.4, 0.5) is 4.79 Å². The summed E-state index contributed by atoms with van der Waals surface area (Å²) in [6.07, 6.45) is 0.489. The summed E-state index contributed by atoms with van der Waals surface area (Å²) in [4.78, 5) is 13.6. The first-order valence-electron chi connectivity index (χ1n) is 11.9. The van der Waals surface area contributed by atoms with Crippen molar-refractivity contribution >= 4 is 17.2 Å². The van der Waals surface area contributed by atoms with Gasteiger partial charge in [0.2, 0.25) is 0 Å². The summed E-state index contributed by atoms with van der Waals surface area (Å²) < 4.78 is 11.3. The predicted molar refractivity (Wildman–Crippen MR) is 142 cm³/mol. The van der Waals surface area contributed by atoms with Crippen molar-refractivity contribution in [2.75, 3.05) is 20.2 Å². The third kappa shape index (κ3) is 7.38. The van der Waals surface area contributed by atoms with E-state index in [4.69, 9.17) is 9.47 Å². The van der Waals surface area contributed by atoms with Crippen LogP contribution in [0.3, 0.4) is 0 Å². The Bertz CT molecular complexity index is 1130. The van der Waals surface area contributed by atoms with Gasteiger partial charge in [0.1, 0.15) is 23.7 Å². The van der Waals surface area contributed by atoms with E-state index in [2.05, 4.69) is 19.1 Å². The molecular weight excluding hydrogens is 438 g/mol. The Balaban J connectivity index is 1.80. The number of carbonyl (C=O) groups excluding carboxylic acids is 1. The number of phenolic OH excluding ortho intramolecular Hbond substituents is 1. The largest absolute Gasteiger partial charge is 0.508 e. The predicted octanol–water partition coefficient (Wildman–Crippen LogP) is 7.01. The van der Waals surface area contributed by atoms with E-state index in [-0.39, 0.29) is 11.8 Å². The first-order valence-corrected chi connectivity index (χ1v) is 11.9. The molecule has 0 saturated carbocycles. The van der Waals surface area contributed by atoms with Gasteiger partial charge in [0, 0.05) is 7.05 Å². The highest BCUT2D eigenvalue weighted by atomic mass is 16.6. The molecule has 1 amide bonds. The second-order valence-corrected chi connectivity index (χ2v) is 9.39. The van der Waals surface area contributed by atoms with Crippen LogP contribution in [0.25, 0.3) is 11.1 Å². The summed E-state index contributed by atoms with van der Waals surface area (Å²) in [5.74, 6) is 0.972. The fourth-order valence-corrected chi connectivity index (χ4v) is 3.76. The topological polar surface area (TPSA) is 59.0 Å². The van der Waals surface area contributed by atoms with E-state index in [1.54, 1.807) is 19.2 Å². The molecule has 0 saturated heterocycles. The molecule has 0 aliphatic heterocycles. The minimum absolute atomic E-state index is 0.242. The molecule has 0 unspecified atom stereocenters. The molecule has 0 bridgehead atoms. The Morgan fingerprint density at radius 1 is 0.857 bits per heavy atom. The van der Waals surface area contributed by atoms with Gasteiger partial charge >= 0.3 is 6.09 Å². The van der Waals surface area contributed by atoms with Crippen molar-refractivity contribution in [1.29, 1.82) is 0 Å². The van der Waals surface area contributed by atoms with Crippen LogP contribution in [-0.4, -0.2) is 41.9 Å². The molecule has 0 aliphatic rings. The molecule has 35 heavy (non-hydrogen) atoms. The SMILES string of the molecule is CCC(=C(c1ccc(O)cc1)c1ccc(OCCN(C)C(=O)OC(C)(C)C)cc1)c1ccccc1. The quantitative estimate of drug-likeness (QED) is 0.358. The molecule has 0 fully saturated rings. The van der Waals surface area contributed by atoms with Gasteiger partial charge in [0.05, 0.1) is 6.54 Å². The number of hydrogen-bond donors (Lipinski definition) is 1. The third-order valence-corrected chi connectivity index (χ3v) is 5.48. The van der Waals surface area contributed by atoms with Crippen LogP contribution in [-0.2, 0) is 4.74 Å². The molecule has 5 heteroatoms. The van der Waals surface area contributed by atoms with Crippen molar-refractivity contribution in [2.24, 2.45) is 0 Å². The maximum atomic E-state index is 12.1. The van der Waals surface area contributed by atoms with Crippen molar-refractivity contribution < 1.29 is 19.4 Å². The Morgan fingerprint density at radius 2 is 1.43 bits per heavy atom. The van der Waals surface area contributed by atoms with Gasteiger partial charge in [-0.1, -0.05) is 61.5 Å². The number of rotatable bonds is 8. The van der Waals surface area contributed by atoms with Gasteiger partial charge in [-0.2, -0.15) is 0 Å². The van der Waals surface area contributed by atoms with Crippen molar-refractivity contribution in [3.05, 3.63) is 95.6 Å². The number of likely N-dealkylation sites (N-methyl/N-ethyl adjacent to an activating group) is 1. The average molecular weight is 474 g/mol. The average Bonchev–Trinajstić information content (AvgIpc) is 2.83. The number of aromatic hydroxyl groups is 1. The van der Waals surface area contributed by atoms with Crippen molar-refractivity contribution in [1.82, 2.24) is 4.90 Å². The van der Waals surface area contributed by atoms with E-state index < -0.39 is 5.60 Å². The lowest BCUT2D eigenvalue weighted by atomic mass is 9.88. The molecule has 3 aromatic carbocycles. The Kier molecular flexibility index (Phi) is 8.58. The maximum Gasteiger partial charge on any atom is 0.410 e. The number of benzene rings is 3. The van der Waals surface area contributed by atoms with Gasteiger partial charge in [-0.25, -0.2) is 4.79 Å². The zero-order valence-electron chi connectivity index (χ0n) is 21.2. The van der Waals surface area contributed by atoms with Crippen molar-refractivity contribution in [3.63, 3.8) is 0 Å². The Hall–Kier alpha value is -3.73. The fourth-order valence-electron chi connectivity index (χ4n) is 3.76. The van der Waals surface area contributed by atoms with Crippen molar-refractivity contribution in [2.45, 2.75) is 39.7 Å². The summed E-state index contributed by atoms with van der Waals surface area (Å²) in [5.41, 5.74) is 5.09. The molecule has 5 nitrogen and oxygen atoms in total. The Morgan fingerprint density at radius 3 is 1.97 bits per heavy atom. The number of hydrogen-bond acceptors (Lipinski definition) is 4. The van der Waals surface area contributed by atoms with Gasteiger partial charge < -0.3 is 19.5 Å². The second kappa shape index (κ2) is 11.6. The van der Waals surface area contributed by atoms with E-state index in [0.717, 1.165) is 28.9 Å². The summed E-state index contributed by atoms with van der Waals surface area (Å²) in [6.45, 7) is 8.48. The normalized spacial score (nSPS) is 12.0. The van der Waals surface area contributed by atoms with Gasteiger partial charge in [-0.05, 0) is 79.3 Å². The van der Waals surface area contributed by atoms with Crippen molar-refractivity contribution in [3.8, 4) is 11.5 Å². The third-order valence-electron chi connectivity index (χ3n) is 5.48. The number of ether oxygens (including phenoxy) is 2. The fraction of sp³-hybridized carbons (Fsp3) is 0.300. The highest BCUT2D eigenvalue weighted by Gasteiger charge is 2.19. The monoisotopic (exact) mass is 473 g/mol. The van der Waals surface area contributed by atoms with Crippen LogP contribution in [0.1, 0.15) is 50.8 Å². The molecule has 0 aromatic heterocycles. The van der Waals surface area contributed by atoms with Gasteiger partial charge in [-0.3, -0.25) is 0 Å². The standard InChI is InChI=1S/C30H35NO4/c1-6-27(22-10-8-7-9-11-22)28(23-12-16-25(32)17-13-23)24-14-18-26(19-15-24)34-21-20-31(5)29(33)35-30(2,3)4/h7-19,32H,6,20-21H2,1-5H3. The number of allylic oxidation sites excluding steroid dienone is 1. The summed E-state index contributed by atoms with van der Waals surface area (Å²) >= 11 is 0. The molecule has 0 radical (unpaired) electrons. The molecule has 0 spiro atoms. The van der Waals surface area contributed by atoms with Crippen LogP contribution in [0.15, 0.2) is 78.9 Å². The minimum atomic E-state index is -0.526. The Labute approximate surface area is 208 Å². The number of phenols is 1. The van der Waals surface area contributed by atoms with Crippen LogP contribution >= 0.6 is 0 Å². The summed E-state index contributed by atoms with van der Waals surface area (Å²) in [5, 5.41) is 9.80. The smallest absolute Gasteiger partial charge is 0.410 e. The van der Waals surface area contributed by atoms with E-state index in [0.29, 0.717) is 13.2 Å². The van der Waals surface area contributed by atoms with E-state index >= 15 is 0 Å². The van der Waals surface area contributed by atoms with E-state index in [9.17, 15) is 9.90 Å². The molecule has 0 atom stereocenters. The highest BCUT2D eigenvalue weighted by molar-refractivity contribution is 5.98. The van der Waals surface area contributed by atoms with Crippen LogP contribution in [0.5, 0.6) is 11.5 Å². The minimum Gasteiger partial charge on any atom is -0.508 e. The second-order valence-electron chi connectivity index (χ2n) is 9.39. The van der Waals surface area contributed by atoms with Gasteiger partial charge in [-0.15, -0.1) is 0 Å². The lowest BCUT2D eigenvalue weighted by Gasteiger charge is -2.24. The summed E-state index contributed by atoms with van der Waals surface area (Å²) in [6, 6.07) is 25.7. The van der Waals surface area contributed by atoms with Crippen LogP contribution in [0.2, 0.25) is 0 Å². The zero-order valence-corrected chi connectivity index (χ0v) is 21.2. The first-order chi connectivity index (χ1) is 16.7. The molecule has 0 aliphatic carbocycles. The lowest BCUT2D eigenvalue weighted by molar-refractivity contribution is 0.0278. The van der Waals surface area contributed by atoms with Crippen LogP contribution in [0, 0.1) is 0 Å². The first kappa shape index (κ1) is 25.9. The van der Waals surface area contributed by atoms with E-state index in [1.807, 2.05) is 75.4 Å². The van der Waals surface area contributed by atoms with Gasteiger partial charge in [0.25, 0.3) is 0 Å².